The molecule has 1 aliphatic carbocycles. The van der Waals surface area contributed by atoms with Crippen molar-refractivity contribution in [1.82, 2.24) is 0 Å². The molecule has 0 aromatic carbocycles. The molecule has 0 heterocycles. The predicted molar refractivity (Wildman–Crippen MR) is 155 cm³/mol. The van der Waals surface area contributed by atoms with E-state index in [-0.39, 0.29) is 17.8 Å². The van der Waals surface area contributed by atoms with Gasteiger partial charge in [0, 0.05) is 6.42 Å². The number of carbonyl (C=O) groups excluding carboxylic acids is 2. The van der Waals surface area contributed by atoms with Gasteiger partial charge in [0.25, 0.3) is 0 Å². The number of rotatable bonds is 21. The van der Waals surface area contributed by atoms with Gasteiger partial charge in [-0.1, -0.05) is 84.3 Å². The topological polar surface area (TPSA) is 108 Å². The molecular formula is C32H56O8. The summed E-state index contributed by atoms with van der Waals surface area (Å²) in [5.41, 5.74) is -1.11. The summed E-state index contributed by atoms with van der Waals surface area (Å²) in [6.07, 6.45) is 15.8. The molecule has 40 heavy (non-hydrogen) atoms. The predicted octanol–water partition coefficient (Wildman–Crippen LogP) is 8.13. The third kappa shape index (κ3) is 13.6. The molecule has 0 aliphatic heterocycles. The number of carboxylic acid groups (broad SMARTS) is 1. The third-order valence-corrected chi connectivity index (χ3v) is 8.19. The van der Waals surface area contributed by atoms with Crippen molar-refractivity contribution in [3.63, 3.8) is 0 Å². The van der Waals surface area contributed by atoms with E-state index in [2.05, 4.69) is 6.92 Å². The van der Waals surface area contributed by atoms with Crippen LogP contribution in [0.5, 0.6) is 0 Å². The number of unbranched alkanes of at least 4 members (excludes halogenated alkanes) is 7. The molecule has 0 fully saturated rings. The molecule has 0 aromatic rings. The van der Waals surface area contributed by atoms with E-state index in [4.69, 9.17) is 19.6 Å². The lowest BCUT2D eigenvalue weighted by atomic mass is 9.67. The Morgan fingerprint density at radius 2 is 1.15 bits per heavy atom. The van der Waals surface area contributed by atoms with Crippen LogP contribution < -0.4 is 0 Å². The molecule has 0 spiro atoms. The molecule has 0 bridgehead atoms. The van der Waals surface area contributed by atoms with Gasteiger partial charge in [0.1, 0.15) is 11.2 Å². The van der Waals surface area contributed by atoms with Crippen LogP contribution in [0.3, 0.4) is 0 Å². The highest BCUT2D eigenvalue weighted by Gasteiger charge is 2.46. The first-order valence-electron chi connectivity index (χ1n) is 15.6. The fraction of sp³-hybridized carbons (Fsp3) is 0.844. The smallest absolute Gasteiger partial charge is 0.346 e. The van der Waals surface area contributed by atoms with Gasteiger partial charge in [-0.25, -0.2) is 9.59 Å². The number of hydrogen-bond acceptors (Lipinski definition) is 7. The van der Waals surface area contributed by atoms with Crippen molar-refractivity contribution in [3.8, 4) is 0 Å². The number of aliphatic carboxylic acids is 1. The molecule has 4 unspecified atom stereocenters. The first-order valence-corrected chi connectivity index (χ1v) is 15.6. The van der Waals surface area contributed by atoms with E-state index >= 15 is 0 Å². The van der Waals surface area contributed by atoms with Crippen LogP contribution in [0.25, 0.3) is 0 Å². The Hall–Kier alpha value is -1.93. The number of carboxylic acids is 1. The molecule has 1 rings (SSSR count). The second-order valence-corrected chi connectivity index (χ2v) is 12.5. The molecule has 8 heteroatoms. The molecule has 8 nitrogen and oxygen atoms in total. The summed E-state index contributed by atoms with van der Waals surface area (Å²) in [5.74, 6) is -3.85. The van der Waals surface area contributed by atoms with Gasteiger partial charge >= 0.3 is 17.9 Å². The first-order chi connectivity index (χ1) is 18.9. The highest BCUT2D eigenvalue weighted by Crippen LogP contribution is 2.40. The maximum absolute atomic E-state index is 13.3. The quantitative estimate of drug-likeness (QED) is 0.0640. The molecule has 0 radical (unpaired) electrons. The minimum Gasteiger partial charge on any atom is -0.481 e. The second-order valence-electron chi connectivity index (χ2n) is 12.5. The Morgan fingerprint density at radius 1 is 0.675 bits per heavy atom. The monoisotopic (exact) mass is 568 g/mol. The lowest BCUT2D eigenvalue weighted by molar-refractivity contribution is -0.329. The second kappa shape index (κ2) is 18.5. The molecule has 0 saturated carbocycles. The van der Waals surface area contributed by atoms with E-state index in [0.29, 0.717) is 12.8 Å². The third-order valence-electron chi connectivity index (χ3n) is 8.19. The zero-order valence-electron chi connectivity index (χ0n) is 26.2. The van der Waals surface area contributed by atoms with Crippen LogP contribution in [0.2, 0.25) is 0 Å². The average molecular weight is 569 g/mol. The van der Waals surface area contributed by atoms with Crippen LogP contribution >= 0.6 is 0 Å². The molecule has 4 atom stereocenters. The molecular weight excluding hydrogens is 512 g/mol. The van der Waals surface area contributed by atoms with E-state index in [1.165, 1.54) is 0 Å². The van der Waals surface area contributed by atoms with Crippen molar-refractivity contribution in [2.75, 3.05) is 0 Å². The van der Waals surface area contributed by atoms with Crippen molar-refractivity contribution in [3.05, 3.63) is 12.2 Å². The Balaban J connectivity index is 2.62. The Kier molecular flexibility index (Phi) is 16.7. The van der Waals surface area contributed by atoms with Gasteiger partial charge in [0.2, 0.25) is 0 Å². The lowest BCUT2D eigenvalue weighted by Crippen LogP contribution is -2.43. The SMILES string of the molecule is CCCCCC1C=CC(CCCCCCCCC(=O)OOC(C)(C)CC)C(C(=O)OOC(C)(C)CC)C1C(=O)O. The molecule has 0 aromatic heterocycles. The van der Waals surface area contributed by atoms with Crippen LogP contribution in [0.4, 0.5) is 0 Å². The van der Waals surface area contributed by atoms with Gasteiger partial charge in [0.15, 0.2) is 0 Å². The Labute approximate surface area is 242 Å². The fourth-order valence-corrected chi connectivity index (χ4v) is 4.78. The van der Waals surface area contributed by atoms with E-state index in [0.717, 1.165) is 77.0 Å². The van der Waals surface area contributed by atoms with Gasteiger partial charge in [-0.3, -0.25) is 14.6 Å². The number of carbonyl (C=O) groups is 3. The van der Waals surface area contributed by atoms with Crippen molar-refractivity contribution >= 4 is 17.9 Å². The highest BCUT2D eigenvalue weighted by molar-refractivity contribution is 5.82. The lowest BCUT2D eigenvalue weighted by Gasteiger charge is -2.36. The van der Waals surface area contributed by atoms with Crippen molar-refractivity contribution in [2.24, 2.45) is 23.7 Å². The zero-order chi connectivity index (χ0) is 30.2. The van der Waals surface area contributed by atoms with Gasteiger partial charge in [0.05, 0.1) is 11.8 Å². The van der Waals surface area contributed by atoms with Gasteiger partial charge in [-0.2, -0.15) is 9.78 Å². The van der Waals surface area contributed by atoms with Crippen LogP contribution in [-0.2, 0) is 33.9 Å². The minimum absolute atomic E-state index is 0.192. The summed E-state index contributed by atoms with van der Waals surface area (Å²) in [4.78, 5) is 58.3. The molecule has 1 aliphatic rings. The summed E-state index contributed by atoms with van der Waals surface area (Å²) in [7, 11) is 0. The van der Waals surface area contributed by atoms with Gasteiger partial charge < -0.3 is 5.11 Å². The van der Waals surface area contributed by atoms with E-state index in [9.17, 15) is 19.5 Å². The highest BCUT2D eigenvalue weighted by atomic mass is 17.2. The van der Waals surface area contributed by atoms with Crippen LogP contribution in [0, 0.1) is 23.7 Å². The minimum atomic E-state index is -0.949. The van der Waals surface area contributed by atoms with E-state index in [1.54, 1.807) is 0 Å². The molecule has 1 N–H and O–H groups in total. The average Bonchev–Trinajstić information content (AvgIpc) is 2.92. The maximum atomic E-state index is 13.3. The fourth-order valence-electron chi connectivity index (χ4n) is 4.78. The van der Waals surface area contributed by atoms with Crippen LogP contribution in [0.15, 0.2) is 12.2 Å². The normalized spacial score (nSPS) is 21.3. The summed E-state index contributed by atoms with van der Waals surface area (Å²) < 4.78 is 0. The zero-order valence-corrected chi connectivity index (χ0v) is 26.2. The van der Waals surface area contributed by atoms with Crippen molar-refractivity contribution in [1.29, 1.82) is 0 Å². The van der Waals surface area contributed by atoms with Gasteiger partial charge in [-0.05, 0) is 71.6 Å². The van der Waals surface area contributed by atoms with Crippen LogP contribution in [0.1, 0.15) is 138 Å². The number of allylic oxidation sites excluding steroid dienone is 2. The molecule has 0 amide bonds. The summed E-state index contributed by atoms with van der Waals surface area (Å²) in [6.45, 7) is 13.5. The summed E-state index contributed by atoms with van der Waals surface area (Å²) >= 11 is 0. The van der Waals surface area contributed by atoms with Crippen LogP contribution in [-0.4, -0.2) is 34.2 Å². The van der Waals surface area contributed by atoms with Crippen molar-refractivity contribution < 1.29 is 39.0 Å². The van der Waals surface area contributed by atoms with E-state index in [1.807, 2.05) is 53.7 Å². The van der Waals surface area contributed by atoms with Crippen molar-refractivity contribution in [2.45, 2.75) is 150 Å². The summed E-state index contributed by atoms with van der Waals surface area (Å²) in [5, 5.41) is 10.2. The van der Waals surface area contributed by atoms with Gasteiger partial charge in [-0.15, -0.1) is 0 Å². The Bertz CT molecular complexity index is 788. The molecule has 232 valence electrons. The number of hydrogen-bond donors (Lipinski definition) is 1. The first kappa shape index (κ1) is 36.1. The summed E-state index contributed by atoms with van der Waals surface area (Å²) in [6, 6.07) is 0. The maximum Gasteiger partial charge on any atom is 0.346 e. The Morgan fingerprint density at radius 3 is 1.68 bits per heavy atom. The van der Waals surface area contributed by atoms with E-state index < -0.39 is 35.0 Å². The standard InChI is InChI=1S/C32H56O8/c1-8-11-16-19-24-22-23-25(28(27(24)29(34)35)30(36)38-40-32(6,7)10-3)20-17-14-12-13-15-18-21-26(33)37-39-31(4,5)9-2/h22-25,27-28H,8-21H2,1-7H3,(H,34,35). The largest absolute Gasteiger partial charge is 0.481 e. The molecule has 0 saturated heterocycles.